The Morgan fingerprint density at radius 2 is 2.43 bits per heavy atom. The van der Waals surface area contributed by atoms with Crippen molar-refractivity contribution in [2.75, 3.05) is 10.6 Å². The summed E-state index contributed by atoms with van der Waals surface area (Å²) >= 11 is 0. The quantitative estimate of drug-likeness (QED) is 0.901. The number of fused-ring (bicyclic) bond motifs is 1. The molecule has 0 radical (unpaired) electrons. The highest BCUT2D eigenvalue weighted by Gasteiger charge is 2.34. The zero-order chi connectivity index (χ0) is 15.0. The topological polar surface area (TPSA) is 89.2 Å². The number of rotatable bonds is 3. The molecule has 21 heavy (non-hydrogen) atoms. The van der Waals surface area contributed by atoms with Crippen molar-refractivity contribution in [2.45, 2.75) is 25.7 Å². The molecule has 7 heteroatoms. The van der Waals surface area contributed by atoms with Gasteiger partial charge in [0.2, 0.25) is 11.8 Å². The van der Waals surface area contributed by atoms with E-state index in [9.17, 15) is 9.59 Å². The first-order valence-electron chi connectivity index (χ1n) is 6.80. The maximum atomic E-state index is 11.9. The molecule has 0 aromatic carbocycles. The minimum absolute atomic E-state index is 0.0970. The molecule has 3 heterocycles. The average molecular weight is 288 g/mol. The van der Waals surface area contributed by atoms with Crippen molar-refractivity contribution in [3.63, 3.8) is 0 Å². The van der Waals surface area contributed by atoms with E-state index in [0.717, 1.165) is 5.56 Å². The van der Waals surface area contributed by atoms with Gasteiger partial charge >= 0.3 is 0 Å². The highest BCUT2D eigenvalue weighted by Crippen LogP contribution is 2.41. The van der Waals surface area contributed by atoms with Crippen LogP contribution in [-0.2, 0) is 16.6 Å². The van der Waals surface area contributed by atoms with E-state index in [1.54, 1.807) is 31.0 Å². The molecule has 1 aliphatic rings. The fourth-order valence-electron chi connectivity index (χ4n) is 2.53. The third-order valence-corrected chi connectivity index (χ3v) is 3.55. The number of hydrogen-bond acceptors (Lipinski definition) is 4. The van der Waals surface area contributed by atoms with Gasteiger partial charge in [0, 0.05) is 19.9 Å². The van der Waals surface area contributed by atoms with Gasteiger partial charge in [0.25, 0.3) is 0 Å². The van der Waals surface area contributed by atoms with Crippen molar-refractivity contribution in [1.29, 1.82) is 0 Å². The zero-order valence-electron chi connectivity index (χ0n) is 11.8. The normalized spacial score (nSPS) is 17.2. The van der Waals surface area contributed by atoms with Crippen molar-refractivity contribution >= 4 is 23.5 Å². The Balaban J connectivity index is 2.09. The summed E-state index contributed by atoms with van der Waals surface area (Å²) in [5.74, 6) is 1.29. The molecule has 1 atom stereocenters. The summed E-state index contributed by atoms with van der Waals surface area (Å²) in [4.78, 5) is 23.6. The van der Waals surface area contributed by atoms with Gasteiger partial charge in [0.05, 0.1) is 17.7 Å². The molecular formula is C14H16N4O3. The number of hydrogen-bond donors (Lipinski definition) is 2. The first kappa shape index (κ1) is 13.4. The smallest absolute Gasteiger partial charge is 0.226 e. The fraction of sp³-hybridized carbons (Fsp3) is 0.357. The maximum Gasteiger partial charge on any atom is 0.226 e. The van der Waals surface area contributed by atoms with Crippen LogP contribution < -0.4 is 10.6 Å². The van der Waals surface area contributed by atoms with Crippen LogP contribution in [0.3, 0.4) is 0 Å². The standard InChI is InChI=1S/C14H16N4O3/c1-3-10(19)15-13-12-8(9-5-4-6-21-9)7-11(20)16-14(12)18(2)17-13/h4-6,8H,3,7H2,1-2H3,(H,16,20)(H,15,17,19). The molecule has 2 N–H and O–H groups in total. The Morgan fingerprint density at radius 3 is 3.10 bits per heavy atom. The molecule has 3 rings (SSSR count). The fourth-order valence-corrected chi connectivity index (χ4v) is 2.53. The van der Waals surface area contributed by atoms with Gasteiger partial charge in [-0.2, -0.15) is 5.10 Å². The summed E-state index contributed by atoms with van der Waals surface area (Å²) in [5, 5.41) is 9.89. The predicted octanol–water partition coefficient (Wildman–Crippen LogP) is 1.84. The van der Waals surface area contributed by atoms with Crippen LogP contribution in [0.4, 0.5) is 11.6 Å². The lowest BCUT2D eigenvalue weighted by atomic mass is 9.91. The Kier molecular flexibility index (Phi) is 3.25. The lowest BCUT2D eigenvalue weighted by molar-refractivity contribution is -0.117. The summed E-state index contributed by atoms with van der Waals surface area (Å²) < 4.78 is 7.01. The van der Waals surface area contributed by atoms with Crippen LogP contribution in [0.1, 0.15) is 37.0 Å². The maximum absolute atomic E-state index is 11.9. The molecule has 2 aromatic heterocycles. The van der Waals surface area contributed by atoms with Crippen molar-refractivity contribution < 1.29 is 14.0 Å². The highest BCUT2D eigenvalue weighted by molar-refractivity contribution is 5.98. The molecule has 0 saturated heterocycles. The zero-order valence-corrected chi connectivity index (χ0v) is 11.8. The molecule has 0 saturated carbocycles. The third kappa shape index (κ3) is 2.31. The summed E-state index contributed by atoms with van der Waals surface area (Å²) in [5.41, 5.74) is 0.786. The van der Waals surface area contributed by atoms with Crippen molar-refractivity contribution in [3.8, 4) is 0 Å². The highest BCUT2D eigenvalue weighted by atomic mass is 16.3. The Bertz CT molecular complexity index is 687. The molecular weight excluding hydrogens is 272 g/mol. The van der Waals surface area contributed by atoms with E-state index in [-0.39, 0.29) is 24.2 Å². The Labute approximate surface area is 121 Å². The number of anilines is 2. The van der Waals surface area contributed by atoms with Crippen LogP contribution in [0.25, 0.3) is 0 Å². The van der Waals surface area contributed by atoms with Crippen LogP contribution in [0.15, 0.2) is 22.8 Å². The van der Waals surface area contributed by atoms with E-state index in [2.05, 4.69) is 15.7 Å². The Morgan fingerprint density at radius 1 is 1.62 bits per heavy atom. The number of carbonyl (C=O) groups excluding carboxylic acids is 2. The molecule has 1 unspecified atom stereocenters. The largest absolute Gasteiger partial charge is 0.469 e. The van der Waals surface area contributed by atoms with Gasteiger partial charge in [-0.1, -0.05) is 6.92 Å². The lowest BCUT2D eigenvalue weighted by Crippen LogP contribution is -2.25. The molecule has 0 spiro atoms. The van der Waals surface area contributed by atoms with E-state index in [4.69, 9.17) is 4.42 Å². The van der Waals surface area contributed by atoms with Crippen LogP contribution in [0.2, 0.25) is 0 Å². The predicted molar refractivity (Wildman–Crippen MR) is 75.9 cm³/mol. The molecule has 2 amide bonds. The average Bonchev–Trinajstić information content (AvgIpc) is 3.08. The lowest BCUT2D eigenvalue weighted by Gasteiger charge is -2.22. The minimum Gasteiger partial charge on any atom is -0.469 e. The van der Waals surface area contributed by atoms with E-state index in [0.29, 0.717) is 23.8 Å². The summed E-state index contributed by atoms with van der Waals surface area (Å²) in [7, 11) is 1.73. The van der Waals surface area contributed by atoms with Gasteiger partial charge in [0.1, 0.15) is 11.6 Å². The van der Waals surface area contributed by atoms with Gasteiger partial charge in [-0.3, -0.25) is 14.3 Å². The molecule has 7 nitrogen and oxygen atoms in total. The first-order valence-corrected chi connectivity index (χ1v) is 6.80. The van der Waals surface area contributed by atoms with Gasteiger partial charge in [-0.05, 0) is 12.1 Å². The van der Waals surface area contributed by atoms with E-state index in [1.165, 1.54) is 0 Å². The molecule has 0 fully saturated rings. The van der Waals surface area contributed by atoms with Crippen molar-refractivity contribution in [3.05, 3.63) is 29.7 Å². The molecule has 110 valence electrons. The number of aromatic nitrogens is 2. The number of furan rings is 1. The number of aryl methyl sites for hydroxylation is 1. The van der Waals surface area contributed by atoms with E-state index < -0.39 is 0 Å². The summed E-state index contributed by atoms with van der Waals surface area (Å²) in [6, 6.07) is 3.60. The second-order valence-electron chi connectivity index (χ2n) is 4.96. The van der Waals surface area contributed by atoms with Gasteiger partial charge in [0.15, 0.2) is 5.82 Å². The molecule has 0 aliphatic carbocycles. The number of nitrogens with zero attached hydrogens (tertiary/aromatic N) is 2. The van der Waals surface area contributed by atoms with E-state index >= 15 is 0 Å². The van der Waals surface area contributed by atoms with Crippen LogP contribution in [-0.4, -0.2) is 21.6 Å². The van der Waals surface area contributed by atoms with Gasteiger partial charge in [-0.25, -0.2) is 0 Å². The second kappa shape index (κ2) is 5.08. The number of nitrogens with one attached hydrogen (secondary N) is 2. The third-order valence-electron chi connectivity index (χ3n) is 3.55. The van der Waals surface area contributed by atoms with Crippen molar-refractivity contribution in [1.82, 2.24) is 9.78 Å². The Hall–Kier alpha value is -2.57. The van der Waals surface area contributed by atoms with Gasteiger partial charge < -0.3 is 15.1 Å². The second-order valence-corrected chi connectivity index (χ2v) is 4.96. The van der Waals surface area contributed by atoms with Crippen molar-refractivity contribution in [2.24, 2.45) is 7.05 Å². The molecule has 1 aliphatic heterocycles. The van der Waals surface area contributed by atoms with E-state index in [1.807, 2.05) is 6.07 Å². The SMILES string of the molecule is CCC(=O)Nc1nn(C)c2c1C(c1ccco1)CC(=O)N2. The number of carbonyl (C=O) groups is 2. The molecule has 0 bridgehead atoms. The van der Waals surface area contributed by atoms with Crippen LogP contribution in [0, 0.1) is 0 Å². The first-order chi connectivity index (χ1) is 10.1. The minimum atomic E-state index is -0.246. The van der Waals surface area contributed by atoms with Crippen LogP contribution in [0.5, 0.6) is 0 Å². The molecule has 2 aromatic rings. The summed E-state index contributed by atoms with van der Waals surface area (Å²) in [6.45, 7) is 1.77. The summed E-state index contributed by atoms with van der Waals surface area (Å²) in [6.07, 6.45) is 2.20. The number of amides is 2. The van der Waals surface area contributed by atoms with Crippen LogP contribution >= 0.6 is 0 Å². The monoisotopic (exact) mass is 288 g/mol. The van der Waals surface area contributed by atoms with Gasteiger partial charge in [-0.15, -0.1) is 0 Å².